The highest BCUT2D eigenvalue weighted by Gasteiger charge is 2.06. The van der Waals surface area contributed by atoms with Crippen LogP contribution in [0.3, 0.4) is 0 Å². The molecule has 0 fully saturated rings. The Morgan fingerprint density at radius 1 is 1.50 bits per heavy atom. The summed E-state index contributed by atoms with van der Waals surface area (Å²) in [4.78, 5) is 0. The molecule has 0 bridgehead atoms. The molecule has 0 atom stereocenters. The van der Waals surface area contributed by atoms with Crippen molar-refractivity contribution in [2.45, 2.75) is 0 Å². The van der Waals surface area contributed by atoms with Crippen molar-refractivity contribution in [2.24, 2.45) is 10.9 Å². The van der Waals surface area contributed by atoms with Crippen LogP contribution in [0.2, 0.25) is 0 Å². The van der Waals surface area contributed by atoms with Gasteiger partial charge in [-0.25, -0.2) is 4.39 Å². The number of oxime groups is 1. The maximum absolute atomic E-state index is 12.4. The van der Waals surface area contributed by atoms with Gasteiger partial charge in [-0.15, -0.1) is 0 Å². The summed E-state index contributed by atoms with van der Waals surface area (Å²) in [5.41, 5.74) is 5.26. The van der Waals surface area contributed by atoms with Gasteiger partial charge in [0.1, 0.15) is 11.6 Å². The summed E-state index contributed by atoms with van der Waals surface area (Å²) >= 11 is 0. The number of phenolic OH excluding ortho intramolecular Hbond substituents is 1. The van der Waals surface area contributed by atoms with Gasteiger partial charge in [-0.2, -0.15) is 0 Å². The molecule has 4 N–H and O–H groups in total. The summed E-state index contributed by atoms with van der Waals surface area (Å²) in [6, 6.07) is 3.21. The number of hydrogen-bond acceptors (Lipinski definition) is 3. The number of rotatable bonds is 1. The molecule has 0 aliphatic carbocycles. The highest BCUT2D eigenvalue weighted by atomic mass is 19.1. The number of nitrogens with zero attached hydrogens (tertiary/aromatic N) is 1. The summed E-state index contributed by atoms with van der Waals surface area (Å²) in [7, 11) is 0. The van der Waals surface area contributed by atoms with Crippen LogP contribution in [0.1, 0.15) is 5.56 Å². The van der Waals surface area contributed by atoms with E-state index in [0.717, 1.165) is 12.1 Å². The molecular weight excluding hydrogens is 163 g/mol. The zero-order valence-electron chi connectivity index (χ0n) is 6.03. The lowest BCUT2D eigenvalue weighted by Crippen LogP contribution is -2.13. The number of aromatic hydroxyl groups is 1. The van der Waals surface area contributed by atoms with Crippen molar-refractivity contribution in [3.63, 3.8) is 0 Å². The van der Waals surface area contributed by atoms with Crippen molar-refractivity contribution >= 4 is 5.84 Å². The van der Waals surface area contributed by atoms with Gasteiger partial charge in [0.15, 0.2) is 5.84 Å². The molecular formula is C7H7FN2O2. The number of amidine groups is 1. The summed E-state index contributed by atoms with van der Waals surface area (Å²) in [6.45, 7) is 0. The first-order chi connectivity index (χ1) is 5.65. The van der Waals surface area contributed by atoms with E-state index in [1.807, 2.05) is 0 Å². The molecule has 1 aromatic carbocycles. The number of nitrogens with two attached hydrogens (primary N) is 1. The third-order valence-corrected chi connectivity index (χ3v) is 1.34. The first-order valence-electron chi connectivity index (χ1n) is 3.11. The molecule has 1 rings (SSSR count). The van der Waals surface area contributed by atoms with Crippen molar-refractivity contribution in [2.75, 3.05) is 0 Å². The van der Waals surface area contributed by atoms with Gasteiger partial charge in [-0.05, 0) is 12.1 Å². The van der Waals surface area contributed by atoms with Crippen LogP contribution in [-0.4, -0.2) is 16.1 Å². The quantitative estimate of drug-likeness (QED) is 0.250. The first-order valence-corrected chi connectivity index (χ1v) is 3.11. The normalized spacial score (nSPS) is 11.6. The van der Waals surface area contributed by atoms with Gasteiger partial charge < -0.3 is 16.0 Å². The van der Waals surface area contributed by atoms with Crippen LogP contribution in [0.4, 0.5) is 4.39 Å². The smallest absolute Gasteiger partial charge is 0.173 e. The second kappa shape index (κ2) is 3.08. The SMILES string of the molecule is NC(=NO)c1ccc(F)cc1O. The van der Waals surface area contributed by atoms with Gasteiger partial charge in [0.25, 0.3) is 0 Å². The molecule has 64 valence electrons. The average Bonchev–Trinajstić information content (AvgIpc) is 2.03. The Morgan fingerprint density at radius 3 is 2.67 bits per heavy atom. The van der Waals surface area contributed by atoms with Crippen LogP contribution in [0.25, 0.3) is 0 Å². The van der Waals surface area contributed by atoms with E-state index in [4.69, 9.17) is 16.0 Å². The molecule has 0 saturated carbocycles. The lowest BCUT2D eigenvalue weighted by Gasteiger charge is -2.00. The van der Waals surface area contributed by atoms with Gasteiger partial charge >= 0.3 is 0 Å². The van der Waals surface area contributed by atoms with E-state index in [2.05, 4.69) is 5.16 Å². The van der Waals surface area contributed by atoms with Crippen molar-refractivity contribution in [3.8, 4) is 5.75 Å². The Labute approximate surface area is 67.7 Å². The Bertz CT molecular complexity index is 325. The monoisotopic (exact) mass is 170 g/mol. The Kier molecular flexibility index (Phi) is 2.14. The molecule has 4 nitrogen and oxygen atoms in total. The topological polar surface area (TPSA) is 78.8 Å². The predicted octanol–water partition coefficient (Wildman–Crippen LogP) is 0.626. The molecule has 0 saturated heterocycles. The number of hydrogen-bond donors (Lipinski definition) is 3. The van der Waals surface area contributed by atoms with E-state index in [1.54, 1.807) is 0 Å². The van der Waals surface area contributed by atoms with Crippen LogP contribution in [-0.2, 0) is 0 Å². The van der Waals surface area contributed by atoms with Gasteiger partial charge in [-0.3, -0.25) is 0 Å². The molecule has 0 aliphatic heterocycles. The fourth-order valence-corrected chi connectivity index (χ4v) is 0.775. The lowest BCUT2D eigenvalue weighted by atomic mass is 10.2. The zero-order valence-corrected chi connectivity index (χ0v) is 6.03. The largest absolute Gasteiger partial charge is 0.507 e. The molecule has 0 unspecified atom stereocenters. The number of halogens is 1. The van der Waals surface area contributed by atoms with E-state index in [-0.39, 0.29) is 17.1 Å². The molecule has 0 radical (unpaired) electrons. The third-order valence-electron chi connectivity index (χ3n) is 1.34. The van der Waals surface area contributed by atoms with Crippen LogP contribution in [0.5, 0.6) is 5.75 Å². The lowest BCUT2D eigenvalue weighted by molar-refractivity contribution is 0.318. The van der Waals surface area contributed by atoms with Crippen LogP contribution in [0, 0.1) is 5.82 Å². The summed E-state index contributed by atoms with van der Waals surface area (Å²) < 4.78 is 12.4. The number of phenols is 1. The maximum atomic E-state index is 12.4. The summed E-state index contributed by atoms with van der Waals surface area (Å²) in [6.07, 6.45) is 0. The molecule has 5 heteroatoms. The Hall–Kier alpha value is -1.78. The molecule has 0 amide bonds. The third kappa shape index (κ3) is 1.45. The van der Waals surface area contributed by atoms with E-state index >= 15 is 0 Å². The predicted molar refractivity (Wildman–Crippen MR) is 40.6 cm³/mol. The van der Waals surface area contributed by atoms with Gasteiger partial charge in [-0.1, -0.05) is 5.16 Å². The maximum Gasteiger partial charge on any atom is 0.173 e. The highest BCUT2D eigenvalue weighted by Crippen LogP contribution is 2.17. The highest BCUT2D eigenvalue weighted by molar-refractivity contribution is 5.99. The Balaban J connectivity index is 3.18. The molecule has 12 heavy (non-hydrogen) atoms. The standard InChI is InChI=1S/C7H7FN2O2/c8-4-1-2-5(6(11)3-4)7(9)10-12/h1-3,11-12H,(H2,9,10). The summed E-state index contributed by atoms with van der Waals surface area (Å²) in [5, 5.41) is 20.0. The average molecular weight is 170 g/mol. The van der Waals surface area contributed by atoms with Gasteiger partial charge in [0.2, 0.25) is 0 Å². The van der Waals surface area contributed by atoms with E-state index < -0.39 is 5.82 Å². The fraction of sp³-hybridized carbons (Fsp3) is 0. The van der Waals surface area contributed by atoms with Crippen molar-refractivity contribution in [1.82, 2.24) is 0 Å². The van der Waals surface area contributed by atoms with Crippen LogP contribution >= 0.6 is 0 Å². The Morgan fingerprint density at radius 2 is 2.17 bits per heavy atom. The molecule has 1 aromatic rings. The van der Waals surface area contributed by atoms with Crippen LogP contribution < -0.4 is 5.73 Å². The van der Waals surface area contributed by atoms with E-state index in [1.165, 1.54) is 6.07 Å². The van der Waals surface area contributed by atoms with Gasteiger partial charge in [0.05, 0.1) is 5.56 Å². The minimum atomic E-state index is -0.581. The fourth-order valence-electron chi connectivity index (χ4n) is 0.775. The molecule has 0 heterocycles. The van der Waals surface area contributed by atoms with Crippen LogP contribution in [0.15, 0.2) is 23.4 Å². The molecule has 0 aliphatic rings. The molecule has 0 aromatic heterocycles. The van der Waals surface area contributed by atoms with Crippen molar-refractivity contribution < 1.29 is 14.7 Å². The van der Waals surface area contributed by atoms with Crippen molar-refractivity contribution in [3.05, 3.63) is 29.6 Å². The first kappa shape index (κ1) is 8.32. The van der Waals surface area contributed by atoms with E-state index in [0.29, 0.717) is 0 Å². The van der Waals surface area contributed by atoms with E-state index in [9.17, 15) is 4.39 Å². The summed E-state index contributed by atoms with van der Waals surface area (Å²) in [5.74, 6) is -1.19. The minimum absolute atomic E-state index is 0.0962. The minimum Gasteiger partial charge on any atom is -0.507 e. The van der Waals surface area contributed by atoms with Crippen molar-refractivity contribution in [1.29, 1.82) is 0 Å². The molecule has 0 spiro atoms. The second-order valence-electron chi connectivity index (χ2n) is 2.15. The number of benzene rings is 1. The second-order valence-corrected chi connectivity index (χ2v) is 2.15. The van der Waals surface area contributed by atoms with Gasteiger partial charge in [0, 0.05) is 6.07 Å². The zero-order chi connectivity index (χ0) is 9.14.